The molecule has 1 aliphatic rings. The number of ketones is 1. The molecular weight excluding hydrogens is 430 g/mol. The first-order valence-electron chi connectivity index (χ1n) is 13.6. The van der Waals surface area contributed by atoms with Crippen LogP contribution in [0.1, 0.15) is 123 Å². The maximum atomic E-state index is 11.7. The molecule has 0 aliphatic carbocycles. The lowest BCUT2D eigenvalue weighted by Gasteiger charge is -2.09. The minimum absolute atomic E-state index is 0.171. The number of nitrogens with one attached hydrogen (secondary N) is 1. The standard InChI is InChI=1S/C23H48N2O.C4H5NOS/c1-4-5-6-7-8-9-10-11-12-13-14-15-16-17-18-20-23(26)24-21-19-22-25(2)3;1-3-4(6)2-7-5-3/h4-22H2,1-3H3,(H,24,26);2H2,1H3. The molecule has 194 valence electrons. The minimum atomic E-state index is 0.171. The highest BCUT2D eigenvalue weighted by atomic mass is 32.2. The molecule has 1 aliphatic heterocycles. The molecule has 0 aromatic rings. The lowest BCUT2D eigenvalue weighted by atomic mass is 10.0. The normalized spacial score (nSPS) is 13.1. The van der Waals surface area contributed by atoms with Gasteiger partial charge in [0.15, 0.2) is 5.78 Å². The Labute approximate surface area is 209 Å². The second-order valence-corrected chi connectivity index (χ2v) is 10.3. The van der Waals surface area contributed by atoms with Gasteiger partial charge in [-0.1, -0.05) is 96.8 Å². The van der Waals surface area contributed by atoms with Gasteiger partial charge in [0, 0.05) is 13.0 Å². The van der Waals surface area contributed by atoms with E-state index in [0.717, 1.165) is 25.9 Å². The fourth-order valence-corrected chi connectivity index (χ4v) is 4.40. The van der Waals surface area contributed by atoms with Crippen LogP contribution < -0.4 is 5.32 Å². The number of hydrogen-bond donors (Lipinski definition) is 1. The summed E-state index contributed by atoms with van der Waals surface area (Å²) in [5.41, 5.74) is 0.657. The van der Waals surface area contributed by atoms with E-state index in [9.17, 15) is 9.59 Å². The van der Waals surface area contributed by atoms with E-state index in [4.69, 9.17) is 0 Å². The van der Waals surface area contributed by atoms with Crippen molar-refractivity contribution < 1.29 is 9.59 Å². The van der Waals surface area contributed by atoms with Gasteiger partial charge in [0.1, 0.15) is 0 Å². The van der Waals surface area contributed by atoms with Crippen LogP contribution in [0.15, 0.2) is 4.40 Å². The Hall–Kier alpha value is -0.880. The smallest absolute Gasteiger partial charge is 0.219 e. The van der Waals surface area contributed by atoms with Gasteiger partial charge < -0.3 is 10.2 Å². The Bertz CT molecular complexity index is 510. The van der Waals surface area contributed by atoms with E-state index in [-0.39, 0.29) is 11.7 Å². The van der Waals surface area contributed by atoms with E-state index in [1.807, 2.05) is 0 Å². The summed E-state index contributed by atoms with van der Waals surface area (Å²) in [5.74, 6) is 0.953. The highest BCUT2D eigenvalue weighted by Crippen LogP contribution is 2.13. The topological polar surface area (TPSA) is 61.8 Å². The second-order valence-electron chi connectivity index (χ2n) is 9.58. The van der Waals surface area contributed by atoms with Crippen LogP contribution in [0, 0.1) is 0 Å². The molecule has 5 nitrogen and oxygen atoms in total. The first-order chi connectivity index (χ1) is 16.0. The van der Waals surface area contributed by atoms with Gasteiger partial charge in [0.2, 0.25) is 5.91 Å². The molecule has 1 heterocycles. The van der Waals surface area contributed by atoms with E-state index in [1.165, 1.54) is 102 Å². The number of hydrogen-bond acceptors (Lipinski definition) is 5. The van der Waals surface area contributed by atoms with Crippen molar-refractivity contribution in [1.82, 2.24) is 10.2 Å². The van der Waals surface area contributed by atoms with E-state index < -0.39 is 0 Å². The van der Waals surface area contributed by atoms with Gasteiger partial charge in [-0.15, -0.1) is 0 Å². The van der Waals surface area contributed by atoms with Crippen molar-refractivity contribution >= 4 is 29.4 Å². The van der Waals surface area contributed by atoms with Crippen molar-refractivity contribution in [2.75, 3.05) is 32.9 Å². The van der Waals surface area contributed by atoms with Gasteiger partial charge in [0.25, 0.3) is 0 Å². The molecule has 0 aromatic heterocycles. The molecule has 1 N–H and O–H groups in total. The lowest BCUT2D eigenvalue weighted by molar-refractivity contribution is -0.121. The summed E-state index contributed by atoms with van der Waals surface area (Å²) < 4.78 is 3.80. The van der Waals surface area contributed by atoms with Crippen molar-refractivity contribution in [3.8, 4) is 0 Å². The number of Topliss-reactive ketones (excluding diaryl/α,β-unsaturated/α-hetero) is 1. The van der Waals surface area contributed by atoms with E-state index in [0.29, 0.717) is 17.9 Å². The van der Waals surface area contributed by atoms with Crippen LogP contribution in [-0.2, 0) is 9.59 Å². The van der Waals surface area contributed by atoms with Gasteiger partial charge >= 0.3 is 0 Å². The molecule has 0 unspecified atom stereocenters. The lowest BCUT2D eigenvalue weighted by Crippen LogP contribution is -2.26. The molecule has 0 fully saturated rings. The number of amides is 1. The van der Waals surface area contributed by atoms with Crippen LogP contribution in [0.4, 0.5) is 0 Å². The number of unbranched alkanes of at least 4 members (excludes halogenated alkanes) is 14. The molecule has 0 aromatic carbocycles. The van der Waals surface area contributed by atoms with Gasteiger partial charge in [0.05, 0.1) is 11.5 Å². The fraction of sp³-hybridized carbons (Fsp3) is 0.889. The predicted octanol–water partition coefficient (Wildman–Crippen LogP) is 6.99. The van der Waals surface area contributed by atoms with Crippen molar-refractivity contribution in [2.24, 2.45) is 4.40 Å². The van der Waals surface area contributed by atoms with Crippen LogP contribution in [0.2, 0.25) is 0 Å². The Morgan fingerprint density at radius 2 is 1.33 bits per heavy atom. The van der Waals surface area contributed by atoms with Crippen molar-refractivity contribution in [3.63, 3.8) is 0 Å². The molecule has 1 rings (SSSR count). The van der Waals surface area contributed by atoms with Crippen molar-refractivity contribution in [2.45, 2.75) is 123 Å². The fourth-order valence-electron chi connectivity index (χ4n) is 3.71. The van der Waals surface area contributed by atoms with Crippen LogP contribution in [-0.4, -0.2) is 55.2 Å². The third-order valence-corrected chi connectivity index (χ3v) is 6.71. The van der Waals surface area contributed by atoms with Gasteiger partial charge in [-0.05, 0) is 52.4 Å². The summed E-state index contributed by atoms with van der Waals surface area (Å²) in [7, 11) is 4.13. The van der Waals surface area contributed by atoms with E-state index >= 15 is 0 Å². The Balaban J connectivity index is 0.00000123. The Morgan fingerprint density at radius 3 is 1.70 bits per heavy atom. The molecular formula is C27H53N3O2S. The average Bonchev–Trinajstić information content (AvgIpc) is 3.16. The molecule has 1 amide bonds. The summed E-state index contributed by atoms with van der Waals surface area (Å²) in [4.78, 5) is 24.3. The molecule has 0 atom stereocenters. The highest BCUT2D eigenvalue weighted by molar-refractivity contribution is 7.99. The quantitative estimate of drug-likeness (QED) is 0.150. The summed E-state index contributed by atoms with van der Waals surface area (Å²) in [6.07, 6.45) is 22.3. The van der Waals surface area contributed by atoms with E-state index in [2.05, 4.69) is 35.6 Å². The SMILES string of the molecule is CC1=NSCC1=O.CCCCCCCCCCCCCCCCCC(=O)NCCCN(C)C. The number of nitrogens with zero attached hydrogens (tertiary/aromatic N) is 2. The minimum Gasteiger partial charge on any atom is -0.356 e. The maximum absolute atomic E-state index is 11.7. The molecule has 0 spiro atoms. The molecule has 0 bridgehead atoms. The summed E-state index contributed by atoms with van der Waals surface area (Å²) in [6.45, 7) is 5.88. The summed E-state index contributed by atoms with van der Waals surface area (Å²) in [5, 5.41) is 3.02. The zero-order chi connectivity index (χ0) is 24.6. The first-order valence-corrected chi connectivity index (χ1v) is 14.5. The summed E-state index contributed by atoms with van der Waals surface area (Å²) >= 11 is 1.33. The highest BCUT2D eigenvalue weighted by Gasteiger charge is 2.11. The summed E-state index contributed by atoms with van der Waals surface area (Å²) in [6, 6.07) is 0. The van der Waals surface area contributed by atoms with Gasteiger partial charge in [-0.2, -0.15) is 0 Å². The zero-order valence-electron chi connectivity index (χ0n) is 22.3. The zero-order valence-corrected chi connectivity index (χ0v) is 23.1. The Morgan fingerprint density at radius 1 is 0.848 bits per heavy atom. The van der Waals surface area contributed by atoms with Crippen molar-refractivity contribution in [1.29, 1.82) is 0 Å². The molecule has 33 heavy (non-hydrogen) atoms. The monoisotopic (exact) mass is 483 g/mol. The third-order valence-electron chi connectivity index (χ3n) is 5.91. The molecule has 0 radical (unpaired) electrons. The Kier molecular flexibility index (Phi) is 23.6. The molecule has 0 saturated carbocycles. The molecule has 0 saturated heterocycles. The number of rotatable bonds is 20. The average molecular weight is 484 g/mol. The predicted molar refractivity (Wildman–Crippen MR) is 146 cm³/mol. The van der Waals surface area contributed by atoms with Gasteiger partial charge in [-0.25, -0.2) is 4.40 Å². The van der Waals surface area contributed by atoms with Crippen LogP contribution in [0.5, 0.6) is 0 Å². The number of carbonyl (C=O) groups is 2. The molecule has 6 heteroatoms. The van der Waals surface area contributed by atoms with Crippen LogP contribution in [0.25, 0.3) is 0 Å². The second kappa shape index (κ2) is 24.3. The van der Waals surface area contributed by atoms with Gasteiger partial charge in [-0.3, -0.25) is 9.59 Å². The third kappa shape index (κ3) is 24.1. The maximum Gasteiger partial charge on any atom is 0.219 e. The number of carbonyl (C=O) groups excluding carboxylic acids is 2. The first kappa shape index (κ1) is 32.1. The van der Waals surface area contributed by atoms with Crippen LogP contribution in [0.3, 0.4) is 0 Å². The van der Waals surface area contributed by atoms with Crippen molar-refractivity contribution in [3.05, 3.63) is 0 Å². The van der Waals surface area contributed by atoms with Crippen LogP contribution >= 0.6 is 11.9 Å². The van der Waals surface area contributed by atoms with E-state index in [1.54, 1.807) is 6.92 Å². The largest absolute Gasteiger partial charge is 0.356 e.